The molecule has 0 aromatic carbocycles. The molecular formula is C11H22N4. The fraction of sp³-hybridized carbons (Fsp3) is 0.909. The van der Waals surface area contributed by atoms with Crippen molar-refractivity contribution in [2.24, 2.45) is 5.73 Å². The first-order valence-electron chi connectivity index (χ1n) is 5.51. The topological polar surface area (TPSA) is 56.3 Å². The van der Waals surface area contributed by atoms with Gasteiger partial charge in [0.1, 0.15) is 6.04 Å². The van der Waals surface area contributed by atoms with Gasteiger partial charge in [0.2, 0.25) is 0 Å². The summed E-state index contributed by atoms with van der Waals surface area (Å²) >= 11 is 0. The molecular weight excluding hydrogens is 188 g/mol. The lowest BCUT2D eigenvalue weighted by molar-refractivity contribution is 0.0276. The van der Waals surface area contributed by atoms with Crippen molar-refractivity contribution in [2.75, 3.05) is 34.2 Å². The Morgan fingerprint density at radius 2 is 2.00 bits per heavy atom. The van der Waals surface area contributed by atoms with Crippen LogP contribution in [0.3, 0.4) is 0 Å². The van der Waals surface area contributed by atoms with Gasteiger partial charge in [-0.25, -0.2) is 0 Å². The van der Waals surface area contributed by atoms with Crippen LogP contribution in [0.15, 0.2) is 0 Å². The SMILES string of the molecule is CN(CC(N)C#N)CC1(N(C)C)CCC1. The second kappa shape index (κ2) is 4.93. The van der Waals surface area contributed by atoms with Crippen molar-refractivity contribution < 1.29 is 0 Å². The molecule has 0 bridgehead atoms. The highest BCUT2D eigenvalue weighted by molar-refractivity contribution is 4.99. The summed E-state index contributed by atoms with van der Waals surface area (Å²) in [5.74, 6) is 0. The summed E-state index contributed by atoms with van der Waals surface area (Å²) in [5.41, 5.74) is 5.94. The molecule has 2 N–H and O–H groups in total. The second-order valence-corrected chi connectivity index (χ2v) is 4.90. The zero-order valence-electron chi connectivity index (χ0n) is 10.0. The molecule has 1 rings (SSSR count). The van der Waals surface area contributed by atoms with Crippen LogP contribution in [-0.4, -0.2) is 55.6 Å². The molecule has 0 amide bonds. The first kappa shape index (κ1) is 12.4. The van der Waals surface area contributed by atoms with Crippen molar-refractivity contribution >= 4 is 0 Å². The van der Waals surface area contributed by atoms with Crippen molar-refractivity contribution in [3.05, 3.63) is 0 Å². The van der Waals surface area contributed by atoms with Crippen LogP contribution in [0.25, 0.3) is 0 Å². The average molecular weight is 210 g/mol. The standard InChI is InChI=1S/C11H22N4/c1-14(2)11(5-4-6-11)9-15(3)8-10(13)7-12/h10H,4-6,8-9,13H2,1-3H3. The van der Waals surface area contributed by atoms with E-state index in [0.29, 0.717) is 12.1 Å². The largest absolute Gasteiger partial charge is 0.315 e. The van der Waals surface area contributed by atoms with Crippen LogP contribution in [0, 0.1) is 11.3 Å². The fourth-order valence-corrected chi connectivity index (χ4v) is 2.28. The van der Waals surface area contributed by atoms with Gasteiger partial charge < -0.3 is 15.5 Å². The van der Waals surface area contributed by atoms with Gasteiger partial charge in [-0.2, -0.15) is 5.26 Å². The van der Waals surface area contributed by atoms with E-state index in [-0.39, 0.29) is 6.04 Å². The summed E-state index contributed by atoms with van der Waals surface area (Å²) in [6.07, 6.45) is 3.83. The smallest absolute Gasteiger partial charge is 0.106 e. The van der Waals surface area contributed by atoms with Gasteiger partial charge >= 0.3 is 0 Å². The van der Waals surface area contributed by atoms with E-state index in [9.17, 15) is 0 Å². The van der Waals surface area contributed by atoms with Crippen molar-refractivity contribution in [1.29, 1.82) is 5.26 Å². The molecule has 0 saturated heterocycles. The molecule has 1 fully saturated rings. The first-order valence-corrected chi connectivity index (χ1v) is 5.51. The molecule has 1 atom stereocenters. The maximum atomic E-state index is 8.65. The number of nitriles is 1. The fourth-order valence-electron chi connectivity index (χ4n) is 2.28. The number of nitrogens with two attached hydrogens (primary N) is 1. The molecule has 1 aliphatic rings. The van der Waals surface area contributed by atoms with Gasteiger partial charge in [0.05, 0.1) is 6.07 Å². The summed E-state index contributed by atoms with van der Waals surface area (Å²) in [5, 5.41) is 8.65. The van der Waals surface area contributed by atoms with Crippen LogP contribution in [0.1, 0.15) is 19.3 Å². The number of rotatable bonds is 5. The molecule has 86 valence electrons. The Labute approximate surface area is 92.6 Å². The highest BCUT2D eigenvalue weighted by Gasteiger charge is 2.39. The van der Waals surface area contributed by atoms with Gasteiger partial charge in [0.25, 0.3) is 0 Å². The van der Waals surface area contributed by atoms with E-state index < -0.39 is 0 Å². The van der Waals surface area contributed by atoms with Crippen molar-refractivity contribution in [2.45, 2.75) is 30.8 Å². The van der Waals surface area contributed by atoms with Crippen LogP contribution in [0.5, 0.6) is 0 Å². The Morgan fingerprint density at radius 1 is 1.40 bits per heavy atom. The molecule has 1 unspecified atom stereocenters. The number of likely N-dealkylation sites (N-methyl/N-ethyl adjacent to an activating group) is 2. The van der Waals surface area contributed by atoms with Crippen LogP contribution < -0.4 is 5.73 Å². The summed E-state index contributed by atoms with van der Waals surface area (Å²) in [6, 6.07) is 1.70. The molecule has 0 spiro atoms. The monoisotopic (exact) mass is 210 g/mol. The molecule has 4 nitrogen and oxygen atoms in total. The van der Waals surface area contributed by atoms with Crippen LogP contribution in [0.2, 0.25) is 0 Å². The quantitative estimate of drug-likeness (QED) is 0.707. The molecule has 1 saturated carbocycles. The third-order valence-corrected chi connectivity index (χ3v) is 3.47. The average Bonchev–Trinajstić information content (AvgIpc) is 2.10. The van der Waals surface area contributed by atoms with Gasteiger partial charge in [0.15, 0.2) is 0 Å². The van der Waals surface area contributed by atoms with E-state index >= 15 is 0 Å². The lowest BCUT2D eigenvalue weighted by Crippen LogP contribution is -2.57. The lowest BCUT2D eigenvalue weighted by Gasteiger charge is -2.49. The van der Waals surface area contributed by atoms with Crippen molar-refractivity contribution in [3.63, 3.8) is 0 Å². The molecule has 0 aromatic rings. The van der Waals surface area contributed by atoms with Crippen LogP contribution in [-0.2, 0) is 0 Å². The predicted molar refractivity (Wildman–Crippen MR) is 61.4 cm³/mol. The second-order valence-electron chi connectivity index (χ2n) is 4.90. The summed E-state index contributed by atoms with van der Waals surface area (Å²) in [4.78, 5) is 4.48. The minimum absolute atomic E-state index is 0.323. The van der Waals surface area contributed by atoms with Crippen molar-refractivity contribution in [1.82, 2.24) is 9.80 Å². The number of hydrogen-bond acceptors (Lipinski definition) is 4. The highest BCUT2D eigenvalue weighted by Crippen LogP contribution is 2.36. The summed E-state index contributed by atoms with van der Waals surface area (Å²) < 4.78 is 0. The molecule has 15 heavy (non-hydrogen) atoms. The molecule has 0 aromatic heterocycles. The zero-order valence-corrected chi connectivity index (χ0v) is 10.0. The summed E-state index contributed by atoms with van der Waals surface area (Å²) in [7, 11) is 6.31. The number of hydrogen-bond donors (Lipinski definition) is 1. The van der Waals surface area contributed by atoms with E-state index in [1.165, 1.54) is 19.3 Å². The third kappa shape index (κ3) is 2.91. The molecule has 0 radical (unpaired) electrons. The Hall–Kier alpha value is -0.630. The predicted octanol–water partition coefficient (Wildman–Crippen LogP) is 0.253. The summed E-state index contributed by atoms with van der Waals surface area (Å²) in [6.45, 7) is 1.67. The van der Waals surface area contributed by atoms with Crippen LogP contribution in [0.4, 0.5) is 0 Å². The molecule has 0 heterocycles. The van der Waals surface area contributed by atoms with Gasteiger partial charge in [-0.05, 0) is 40.4 Å². The van der Waals surface area contributed by atoms with Crippen LogP contribution >= 0.6 is 0 Å². The van der Waals surface area contributed by atoms with E-state index in [2.05, 4.69) is 30.0 Å². The van der Waals surface area contributed by atoms with Crippen molar-refractivity contribution in [3.8, 4) is 6.07 Å². The Morgan fingerprint density at radius 3 is 2.33 bits per heavy atom. The normalized spacial score (nSPS) is 21.1. The minimum atomic E-state index is -0.366. The van der Waals surface area contributed by atoms with E-state index in [1.54, 1.807) is 0 Å². The van der Waals surface area contributed by atoms with E-state index in [4.69, 9.17) is 11.0 Å². The Kier molecular flexibility index (Phi) is 4.09. The molecule has 4 heteroatoms. The number of nitrogens with zero attached hydrogens (tertiary/aromatic N) is 3. The van der Waals surface area contributed by atoms with Gasteiger partial charge in [-0.15, -0.1) is 0 Å². The Balaban J connectivity index is 2.43. The zero-order chi connectivity index (χ0) is 11.5. The van der Waals surface area contributed by atoms with Gasteiger partial charge in [0, 0.05) is 18.6 Å². The lowest BCUT2D eigenvalue weighted by atomic mass is 9.75. The van der Waals surface area contributed by atoms with Gasteiger partial charge in [-0.3, -0.25) is 0 Å². The maximum Gasteiger partial charge on any atom is 0.106 e. The van der Waals surface area contributed by atoms with E-state index in [0.717, 1.165) is 6.54 Å². The highest BCUT2D eigenvalue weighted by atomic mass is 15.2. The van der Waals surface area contributed by atoms with E-state index in [1.807, 2.05) is 7.05 Å². The third-order valence-electron chi connectivity index (χ3n) is 3.47. The minimum Gasteiger partial charge on any atom is -0.315 e. The first-order chi connectivity index (χ1) is 7.00. The Bertz CT molecular complexity index is 239. The van der Waals surface area contributed by atoms with Gasteiger partial charge in [-0.1, -0.05) is 0 Å². The maximum absolute atomic E-state index is 8.65. The molecule has 1 aliphatic carbocycles. The molecule has 0 aliphatic heterocycles.